The molecule has 0 radical (unpaired) electrons. The highest BCUT2D eigenvalue weighted by atomic mass is 31.3. The molecular weight excluding hydrogens is 486 g/mol. The van der Waals surface area contributed by atoms with Gasteiger partial charge in [-0.05, 0) is 0 Å². The topological polar surface area (TPSA) is 37.3 Å². The highest BCUT2D eigenvalue weighted by molar-refractivity contribution is 7.82. The van der Waals surface area contributed by atoms with Crippen molar-refractivity contribution in [1.82, 2.24) is 9.33 Å². The van der Waals surface area contributed by atoms with Gasteiger partial charge < -0.3 is 0 Å². The van der Waals surface area contributed by atoms with Crippen molar-refractivity contribution in [2.45, 2.75) is 37.9 Å². The summed E-state index contributed by atoms with van der Waals surface area (Å²) in [7, 11) is -18.1. The third-order valence-electron chi connectivity index (χ3n) is 2.21. The van der Waals surface area contributed by atoms with E-state index in [1.165, 1.54) is 0 Å². The summed E-state index contributed by atoms with van der Waals surface area (Å²) in [4.78, 5) is 0. The van der Waals surface area contributed by atoms with Gasteiger partial charge in [0.15, 0.2) is 4.66 Å². The highest BCUT2D eigenvalue weighted by Crippen LogP contribution is 2.89. The minimum Gasteiger partial charge on any atom is -0.269 e. The number of hydrogen-bond donors (Lipinski definition) is 0. The largest absolute Gasteiger partial charge is 0.568 e. The second-order valence-corrected chi connectivity index (χ2v) is 9.97. The predicted molar refractivity (Wildman–Crippen MR) is 65.7 cm³/mol. The minimum absolute atomic E-state index is 1.90. The first-order valence-electron chi connectivity index (χ1n) is 5.98. The zero-order chi connectivity index (χ0) is 21.4. The summed E-state index contributed by atoms with van der Waals surface area (Å²) < 4.78 is 171. The van der Waals surface area contributed by atoms with Crippen LogP contribution >= 0.6 is 24.4 Å². The zero-order valence-electron chi connectivity index (χ0n) is 12.0. The van der Waals surface area contributed by atoms with E-state index in [2.05, 4.69) is 9.05 Å². The third kappa shape index (κ3) is 6.79. The number of nitrogens with zero attached hydrogens (tertiary/aromatic N) is 3. The fraction of sp³-hybridized carbons (Fsp3) is 1.00. The lowest BCUT2D eigenvalue weighted by Gasteiger charge is -2.30. The number of alkyl halides is 8. The van der Waals surface area contributed by atoms with Crippen LogP contribution in [0.15, 0.2) is 4.52 Å². The van der Waals surface area contributed by atoms with E-state index < -0.39 is 71.6 Å². The van der Waals surface area contributed by atoms with Crippen LogP contribution in [0.2, 0.25) is 0 Å². The Morgan fingerprint density at radius 1 is 1.00 bits per heavy atom. The molecule has 1 heterocycles. The number of halogens is 13. The van der Waals surface area contributed by atoms with Gasteiger partial charge in [-0.1, -0.05) is 8.96 Å². The second-order valence-electron chi connectivity index (χ2n) is 4.43. The van der Waals surface area contributed by atoms with Crippen LogP contribution in [0.1, 0.15) is 12.8 Å². The van der Waals surface area contributed by atoms with Crippen molar-refractivity contribution in [2.75, 3.05) is 0 Å². The van der Waals surface area contributed by atoms with Gasteiger partial charge in [0.25, 0.3) is 6.36 Å². The maximum absolute atomic E-state index is 14.2. The molecule has 0 saturated carbocycles. The van der Waals surface area contributed by atoms with Gasteiger partial charge >= 0.3 is 36.7 Å². The van der Waals surface area contributed by atoms with E-state index in [0.29, 0.717) is 0 Å². The van der Waals surface area contributed by atoms with Crippen LogP contribution in [0.25, 0.3) is 0 Å². The van der Waals surface area contributed by atoms with Gasteiger partial charge in [0.2, 0.25) is 6.36 Å². The molecule has 27 heavy (non-hydrogen) atoms. The fourth-order valence-electron chi connectivity index (χ4n) is 1.31. The molecule has 0 aliphatic carbocycles. The van der Waals surface area contributed by atoms with Crippen LogP contribution < -0.4 is 0 Å². The first-order chi connectivity index (χ1) is 11.9. The molecule has 0 N–H and O–H groups in total. The van der Waals surface area contributed by atoms with Gasteiger partial charge in [0.05, 0.1) is 6.42 Å². The van der Waals surface area contributed by atoms with E-state index in [0.717, 1.165) is 0 Å². The van der Waals surface area contributed by atoms with E-state index in [-0.39, 0.29) is 0 Å². The van der Waals surface area contributed by atoms with Crippen molar-refractivity contribution in [2.24, 2.45) is 4.52 Å². The van der Waals surface area contributed by atoms with Crippen LogP contribution in [-0.4, -0.2) is 34.4 Å². The zero-order valence-corrected chi connectivity index (χ0v) is 14.7. The normalized spacial score (nSPS) is 33.6. The maximum atomic E-state index is 14.2. The van der Waals surface area contributed by atoms with Gasteiger partial charge in [-0.2, -0.15) is 39.3 Å². The van der Waals surface area contributed by atoms with Gasteiger partial charge in [-0.25, -0.2) is 8.78 Å². The molecule has 1 aliphatic heterocycles. The van der Waals surface area contributed by atoms with Crippen molar-refractivity contribution in [3.63, 3.8) is 0 Å². The second kappa shape index (κ2) is 8.41. The average molecular weight is 492 g/mol. The first-order valence-corrected chi connectivity index (χ1v) is 10.1. The smallest absolute Gasteiger partial charge is 0.269 e. The first kappa shape index (κ1) is 25.1. The highest BCUT2D eigenvalue weighted by Gasteiger charge is 2.75. The molecule has 1 rings (SSSR count). The van der Waals surface area contributed by atoms with Gasteiger partial charge in [-0.3, -0.25) is 4.52 Å². The van der Waals surface area contributed by atoms with Crippen LogP contribution in [0.4, 0.5) is 56.7 Å². The Labute approximate surface area is 143 Å². The Bertz CT molecular complexity index is 576. The third-order valence-corrected chi connectivity index (χ3v) is 8.60. The van der Waals surface area contributed by atoms with Crippen LogP contribution in [0, 0.1) is 0 Å². The molecule has 0 spiro atoms. The standard InChI is InChI=1S/C6H6F13N3O2P3/c7-3(1-5(9,10)11)23-26(18)20-25(17)21(15)27(19,22(26)16)24-4(8)2-6(12,13)14/h3-4H,1-2H2/q+1. The number of rotatable bonds is 6. The van der Waals surface area contributed by atoms with E-state index in [1.54, 1.807) is 0 Å². The molecule has 0 aromatic rings. The van der Waals surface area contributed by atoms with Gasteiger partial charge in [0.1, 0.15) is 11.1 Å². The number of hydrogen-bond acceptors (Lipinski definition) is 5. The summed E-state index contributed by atoms with van der Waals surface area (Å²) in [5.74, 6) is 0. The van der Waals surface area contributed by atoms with Crippen molar-refractivity contribution >= 4 is 24.4 Å². The summed E-state index contributed by atoms with van der Waals surface area (Å²) in [6, 6.07) is 0. The molecule has 5 nitrogen and oxygen atoms in total. The summed E-state index contributed by atoms with van der Waals surface area (Å²) >= 11 is 0. The molecular formula is C6H6F13N3O2P3+. The molecule has 0 amide bonds. The lowest BCUT2D eigenvalue weighted by molar-refractivity contribution is -0.169. The lowest BCUT2D eigenvalue weighted by Crippen LogP contribution is -2.29. The lowest BCUT2D eigenvalue weighted by atomic mass is 10.4. The Morgan fingerprint density at radius 2 is 1.44 bits per heavy atom. The maximum Gasteiger partial charge on any atom is 0.568 e. The van der Waals surface area contributed by atoms with Crippen LogP contribution in [0.5, 0.6) is 0 Å². The van der Waals surface area contributed by atoms with Crippen molar-refractivity contribution in [3.8, 4) is 0 Å². The summed E-state index contributed by atoms with van der Waals surface area (Å²) in [5, 5.41) is 0. The molecule has 21 heteroatoms. The van der Waals surface area contributed by atoms with E-state index in [9.17, 15) is 56.7 Å². The average Bonchev–Trinajstić information content (AvgIpc) is 2.39. The van der Waals surface area contributed by atoms with Crippen molar-refractivity contribution in [3.05, 3.63) is 0 Å². The molecule has 5 atom stereocenters. The molecule has 1 aliphatic rings. The molecule has 5 unspecified atom stereocenters. The van der Waals surface area contributed by atoms with E-state index in [1.807, 2.05) is 4.52 Å². The molecule has 162 valence electrons. The predicted octanol–water partition coefficient (Wildman–Crippen LogP) is 7.66. The molecule has 0 aromatic carbocycles. The quantitative estimate of drug-likeness (QED) is 0.217. The fourth-order valence-corrected chi connectivity index (χ4v) is 7.27. The minimum atomic E-state index is -6.85. The van der Waals surface area contributed by atoms with Gasteiger partial charge in [0, 0.05) is 4.20 Å². The molecule has 0 saturated heterocycles. The summed E-state index contributed by atoms with van der Waals surface area (Å²) in [6.07, 6.45) is -23.7. The Kier molecular flexibility index (Phi) is 7.80. The Hall–Kier alpha value is 0.0200. The van der Waals surface area contributed by atoms with Crippen molar-refractivity contribution < 1.29 is 65.7 Å². The summed E-state index contributed by atoms with van der Waals surface area (Å²) in [6.45, 7) is 0. The SMILES string of the molecule is FC(CC(F)(F)F)OP1(F)=NP(F)N(F)[P+](F)(OC(F)CC(F)(F)F)N1F. The Morgan fingerprint density at radius 3 is 1.89 bits per heavy atom. The monoisotopic (exact) mass is 492 g/mol. The van der Waals surface area contributed by atoms with E-state index in [4.69, 9.17) is 0 Å². The van der Waals surface area contributed by atoms with Crippen LogP contribution in [0.3, 0.4) is 0 Å². The van der Waals surface area contributed by atoms with Crippen LogP contribution in [-0.2, 0) is 9.05 Å². The molecule has 0 fully saturated rings. The van der Waals surface area contributed by atoms with E-state index >= 15 is 0 Å². The summed E-state index contributed by atoms with van der Waals surface area (Å²) in [5.41, 5.74) is 0. The van der Waals surface area contributed by atoms with Gasteiger partial charge in [-0.15, -0.1) is 4.52 Å². The Balaban J connectivity index is 3.11. The van der Waals surface area contributed by atoms with Crippen molar-refractivity contribution in [1.29, 1.82) is 0 Å². The molecule has 0 bridgehead atoms. The molecule has 0 aromatic heterocycles.